The Morgan fingerprint density at radius 3 is 2.53 bits per heavy atom. The van der Waals surface area contributed by atoms with Gasteiger partial charge in [0, 0.05) is 37.3 Å². The molecule has 0 N–H and O–H groups in total. The van der Waals surface area contributed by atoms with E-state index in [-0.39, 0.29) is 17.6 Å². The van der Waals surface area contributed by atoms with Gasteiger partial charge in [-0.2, -0.15) is 0 Å². The first-order chi connectivity index (χ1) is 15.1. The number of fused-ring (bicyclic) bond motifs is 1. The molecule has 8 heteroatoms. The maximum Gasteiger partial charge on any atom is 0.410 e. The topological polar surface area (TPSA) is 90.7 Å². The van der Waals surface area contributed by atoms with Crippen molar-refractivity contribution in [3.63, 3.8) is 0 Å². The molecule has 32 heavy (non-hydrogen) atoms. The van der Waals surface area contributed by atoms with E-state index in [1.54, 1.807) is 40.9 Å². The van der Waals surface area contributed by atoms with Gasteiger partial charge in [0.15, 0.2) is 0 Å². The maximum atomic E-state index is 12.9. The zero-order chi connectivity index (χ0) is 23.4. The van der Waals surface area contributed by atoms with E-state index in [2.05, 4.69) is 4.98 Å². The Hall–Kier alpha value is -2.90. The van der Waals surface area contributed by atoms with Gasteiger partial charge in [0.2, 0.25) is 0 Å². The first-order valence-corrected chi connectivity index (χ1v) is 11.2. The van der Waals surface area contributed by atoms with Crippen LogP contribution in [0.1, 0.15) is 53.4 Å². The molecular weight excluding hydrogens is 410 g/mol. The number of aromatic nitrogens is 2. The Labute approximate surface area is 188 Å². The highest BCUT2D eigenvalue weighted by molar-refractivity contribution is 5.78. The van der Waals surface area contributed by atoms with Gasteiger partial charge in [-0.3, -0.25) is 14.6 Å². The average Bonchev–Trinajstić information content (AvgIpc) is 2.74. The van der Waals surface area contributed by atoms with E-state index in [1.807, 2.05) is 26.8 Å². The van der Waals surface area contributed by atoms with E-state index in [4.69, 9.17) is 9.47 Å². The zero-order valence-corrected chi connectivity index (χ0v) is 19.4. The van der Waals surface area contributed by atoms with E-state index in [0.29, 0.717) is 51.9 Å². The van der Waals surface area contributed by atoms with Crippen molar-refractivity contribution in [3.8, 4) is 0 Å². The van der Waals surface area contributed by atoms with Crippen molar-refractivity contribution < 1.29 is 19.1 Å². The van der Waals surface area contributed by atoms with Crippen LogP contribution in [0.4, 0.5) is 4.79 Å². The second kappa shape index (κ2) is 9.71. The molecule has 8 nitrogen and oxygen atoms in total. The van der Waals surface area contributed by atoms with Crippen molar-refractivity contribution in [1.82, 2.24) is 14.5 Å². The molecule has 0 bridgehead atoms. The van der Waals surface area contributed by atoms with E-state index in [9.17, 15) is 14.4 Å². The Bertz CT molecular complexity index is 1020. The fraction of sp³-hybridized carbons (Fsp3) is 0.583. The van der Waals surface area contributed by atoms with Gasteiger partial charge in [-0.25, -0.2) is 4.79 Å². The monoisotopic (exact) mass is 443 g/mol. The highest BCUT2D eigenvalue weighted by Crippen LogP contribution is 2.38. The molecule has 0 spiro atoms. The summed E-state index contributed by atoms with van der Waals surface area (Å²) in [6.45, 7) is 8.97. The zero-order valence-electron chi connectivity index (χ0n) is 19.4. The van der Waals surface area contributed by atoms with E-state index >= 15 is 0 Å². The number of carbonyl (C=O) groups is 2. The van der Waals surface area contributed by atoms with Crippen LogP contribution in [0.25, 0.3) is 10.9 Å². The van der Waals surface area contributed by atoms with Crippen LogP contribution in [-0.2, 0) is 20.8 Å². The van der Waals surface area contributed by atoms with Crippen molar-refractivity contribution in [3.05, 3.63) is 40.9 Å². The largest absolute Gasteiger partial charge is 0.466 e. The third kappa shape index (κ3) is 5.47. The van der Waals surface area contributed by atoms with E-state index in [1.165, 1.54) is 0 Å². The maximum absolute atomic E-state index is 12.9. The fourth-order valence-electron chi connectivity index (χ4n) is 4.22. The lowest BCUT2D eigenvalue weighted by Crippen LogP contribution is -2.48. The second-order valence-electron chi connectivity index (χ2n) is 9.33. The molecule has 2 aromatic heterocycles. The molecular formula is C24H33N3O5. The predicted molar refractivity (Wildman–Crippen MR) is 121 cm³/mol. The van der Waals surface area contributed by atoms with Crippen LogP contribution in [0, 0.1) is 5.41 Å². The molecule has 1 fully saturated rings. The Morgan fingerprint density at radius 2 is 1.88 bits per heavy atom. The van der Waals surface area contributed by atoms with Gasteiger partial charge in [-0.1, -0.05) is 0 Å². The van der Waals surface area contributed by atoms with Crippen LogP contribution in [0.2, 0.25) is 0 Å². The second-order valence-corrected chi connectivity index (χ2v) is 9.33. The number of hydrogen-bond donors (Lipinski definition) is 0. The first kappa shape index (κ1) is 23.8. The SMILES string of the molecule is CCOC(=O)C1(CCCn2c(=O)ccc3ccncc32)CCN(C(=O)OC(C)(C)C)CC1. The summed E-state index contributed by atoms with van der Waals surface area (Å²) < 4.78 is 12.6. The summed E-state index contributed by atoms with van der Waals surface area (Å²) in [5, 5.41) is 0.949. The normalized spacial score (nSPS) is 16.1. The Morgan fingerprint density at radius 1 is 1.16 bits per heavy atom. The third-order valence-electron chi connectivity index (χ3n) is 5.91. The van der Waals surface area contributed by atoms with Crippen molar-refractivity contribution >= 4 is 23.0 Å². The number of carbonyl (C=O) groups excluding carboxylic acids is 2. The average molecular weight is 444 g/mol. The fourth-order valence-corrected chi connectivity index (χ4v) is 4.22. The number of likely N-dealkylation sites (tertiary alicyclic amines) is 1. The molecule has 1 aliphatic heterocycles. The number of nitrogens with zero attached hydrogens (tertiary/aromatic N) is 3. The molecule has 3 heterocycles. The van der Waals surface area contributed by atoms with Crippen molar-refractivity contribution in [2.75, 3.05) is 19.7 Å². The highest BCUT2D eigenvalue weighted by atomic mass is 16.6. The van der Waals surface area contributed by atoms with E-state index < -0.39 is 11.0 Å². The third-order valence-corrected chi connectivity index (χ3v) is 5.91. The van der Waals surface area contributed by atoms with Crippen molar-refractivity contribution in [1.29, 1.82) is 0 Å². The summed E-state index contributed by atoms with van der Waals surface area (Å²) in [5.74, 6) is -0.226. The molecule has 0 aliphatic carbocycles. The predicted octanol–water partition coefficient (Wildman–Crippen LogP) is 3.76. The summed E-state index contributed by atoms with van der Waals surface area (Å²) >= 11 is 0. The summed E-state index contributed by atoms with van der Waals surface area (Å²) in [6.07, 6.45) is 5.28. The molecule has 0 radical (unpaired) electrons. The first-order valence-electron chi connectivity index (χ1n) is 11.2. The molecule has 1 amide bonds. The molecule has 0 saturated carbocycles. The van der Waals surface area contributed by atoms with Crippen LogP contribution in [0.5, 0.6) is 0 Å². The Balaban J connectivity index is 1.70. The number of pyridine rings is 2. The van der Waals surface area contributed by atoms with Crippen LogP contribution >= 0.6 is 0 Å². The molecule has 3 rings (SSSR count). The quantitative estimate of drug-likeness (QED) is 0.632. The summed E-state index contributed by atoms with van der Waals surface area (Å²) in [7, 11) is 0. The lowest BCUT2D eigenvalue weighted by Gasteiger charge is -2.40. The molecule has 0 aromatic carbocycles. The van der Waals surface area contributed by atoms with Crippen molar-refractivity contribution in [2.45, 2.75) is 65.5 Å². The standard InChI is InChI=1S/C24H33N3O5/c1-5-31-21(29)24(11-15-26(16-12-24)22(30)32-23(2,3)4)10-6-14-27-19-17-25-13-9-18(19)7-8-20(27)28/h7-9,13,17H,5-6,10-12,14-16H2,1-4H3. The number of rotatable bonds is 6. The minimum atomic E-state index is -0.666. The Kier molecular flexibility index (Phi) is 7.21. The van der Waals surface area contributed by atoms with Gasteiger partial charge in [0.25, 0.3) is 5.56 Å². The van der Waals surface area contributed by atoms with Gasteiger partial charge in [-0.05, 0) is 65.5 Å². The molecule has 2 aromatic rings. The summed E-state index contributed by atoms with van der Waals surface area (Å²) in [4.78, 5) is 43.6. The van der Waals surface area contributed by atoms with Gasteiger partial charge in [0.05, 0.1) is 23.7 Å². The summed E-state index contributed by atoms with van der Waals surface area (Å²) in [6, 6.07) is 5.23. The number of aryl methyl sites for hydroxylation is 1. The number of hydrogen-bond acceptors (Lipinski definition) is 6. The minimum Gasteiger partial charge on any atom is -0.466 e. The lowest BCUT2D eigenvalue weighted by molar-refractivity contribution is -0.159. The number of ether oxygens (including phenoxy) is 2. The van der Waals surface area contributed by atoms with Crippen LogP contribution in [-0.4, -0.2) is 51.8 Å². The molecule has 1 saturated heterocycles. The van der Waals surface area contributed by atoms with Gasteiger partial charge >= 0.3 is 12.1 Å². The lowest BCUT2D eigenvalue weighted by atomic mass is 9.74. The smallest absolute Gasteiger partial charge is 0.410 e. The van der Waals surface area contributed by atoms with Gasteiger partial charge in [0.1, 0.15) is 5.60 Å². The molecule has 0 unspecified atom stereocenters. The molecule has 1 aliphatic rings. The van der Waals surface area contributed by atoms with Crippen LogP contribution < -0.4 is 5.56 Å². The number of esters is 1. The van der Waals surface area contributed by atoms with Crippen LogP contribution in [0.15, 0.2) is 35.4 Å². The molecule has 0 atom stereocenters. The van der Waals surface area contributed by atoms with E-state index in [0.717, 1.165) is 10.9 Å². The minimum absolute atomic E-state index is 0.0876. The number of piperidine rings is 1. The summed E-state index contributed by atoms with van der Waals surface area (Å²) in [5.41, 5.74) is -0.533. The number of amides is 1. The van der Waals surface area contributed by atoms with Crippen LogP contribution in [0.3, 0.4) is 0 Å². The van der Waals surface area contributed by atoms with Gasteiger partial charge < -0.3 is 18.9 Å². The molecule has 174 valence electrons. The van der Waals surface area contributed by atoms with Gasteiger partial charge in [-0.15, -0.1) is 0 Å². The van der Waals surface area contributed by atoms with Crippen molar-refractivity contribution in [2.24, 2.45) is 5.41 Å². The highest BCUT2D eigenvalue weighted by Gasteiger charge is 2.43.